The van der Waals surface area contributed by atoms with Crippen LogP contribution >= 0.6 is 0 Å². The molecule has 17 heavy (non-hydrogen) atoms. The molecule has 0 aromatic heterocycles. The maximum atomic E-state index is 12.4. The highest BCUT2D eigenvalue weighted by Crippen LogP contribution is 2.40. The van der Waals surface area contributed by atoms with E-state index in [0.29, 0.717) is 5.78 Å². The van der Waals surface area contributed by atoms with Gasteiger partial charge in [-0.1, -0.05) is 57.4 Å². The molecule has 0 bridgehead atoms. The molecule has 0 N–H and O–H groups in total. The molecule has 0 aliphatic heterocycles. The molecule has 1 saturated carbocycles. The van der Waals surface area contributed by atoms with E-state index in [4.69, 9.17) is 0 Å². The van der Waals surface area contributed by atoms with Gasteiger partial charge in [0.2, 0.25) is 0 Å². The van der Waals surface area contributed by atoms with Gasteiger partial charge >= 0.3 is 0 Å². The first-order valence-corrected chi connectivity index (χ1v) is 6.79. The smallest absolute Gasteiger partial charge is 0.168 e. The van der Waals surface area contributed by atoms with E-state index in [9.17, 15) is 4.79 Å². The second kappa shape index (κ2) is 5.03. The highest BCUT2D eigenvalue weighted by atomic mass is 16.1. The molecular formula is C16H22O. The van der Waals surface area contributed by atoms with Gasteiger partial charge in [0.1, 0.15) is 0 Å². The van der Waals surface area contributed by atoms with Crippen molar-refractivity contribution in [3.8, 4) is 0 Å². The van der Waals surface area contributed by atoms with Gasteiger partial charge in [0, 0.05) is 11.0 Å². The summed E-state index contributed by atoms with van der Waals surface area (Å²) in [6.45, 7) is 4.31. The van der Waals surface area contributed by atoms with Crippen molar-refractivity contribution in [3.63, 3.8) is 0 Å². The summed E-state index contributed by atoms with van der Waals surface area (Å²) in [5.41, 5.74) is 2.14. The zero-order valence-corrected chi connectivity index (χ0v) is 11.0. The predicted molar refractivity (Wildman–Crippen MR) is 71.3 cm³/mol. The Kier molecular flexibility index (Phi) is 3.66. The monoisotopic (exact) mass is 230 g/mol. The van der Waals surface area contributed by atoms with Crippen LogP contribution in [0.4, 0.5) is 0 Å². The molecule has 1 aromatic rings. The number of benzene rings is 1. The number of hydrogen-bond donors (Lipinski definition) is 0. The molecule has 0 amide bonds. The van der Waals surface area contributed by atoms with Crippen LogP contribution in [0.2, 0.25) is 0 Å². The van der Waals surface area contributed by atoms with Crippen LogP contribution in [-0.4, -0.2) is 5.78 Å². The zero-order valence-electron chi connectivity index (χ0n) is 11.0. The summed E-state index contributed by atoms with van der Waals surface area (Å²) in [5, 5.41) is 0. The van der Waals surface area contributed by atoms with Crippen molar-refractivity contribution in [3.05, 3.63) is 35.4 Å². The number of aryl methyl sites for hydroxylation is 1. The minimum Gasteiger partial charge on any atom is -0.294 e. The van der Waals surface area contributed by atoms with Crippen LogP contribution in [0.1, 0.15) is 61.9 Å². The van der Waals surface area contributed by atoms with Gasteiger partial charge in [-0.2, -0.15) is 0 Å². The molecular weight excluding hydrogens is 208 g/mol. The molecule has 1 aliphatic rings. The van der Waals surface area contributed by atoms with Crippen LogP contribution in [0.5, 0.6) is 0 Å². The lowest BCUT2D eigenvalue weighted by molar-refractivity contribution is 0.0823. The Morgan fingerprint density at radius 1 is 1.18 bits per heavy atom. The number of carbonyl (C=O) groups excluding carboxylic acids is 1. The van der Waals surface area contributed by atoms with Gasteiger partial charge in [-0.25, -0.2) is 0 Å². The van der Waals surface area contributed by atoms with Crippen molar-refractivity contribution < 1.29 is 4.79 Å². The second-order valence-electron chi connectivity index (χ2n) is 5.54. The lowest BCUT2D eigenvalue weighted by Gasteiger charge is -2.21. The van der Waals surface area contributed by atoms with E-state index in [0.717, 1.165) is 31.2 Å². The first kappa shape index (κ1) is 12.3. The molecule has 0 unspecified atom stereocenters. The fourth-order valence-electron chi connectivity index (χ4n) is 2.84. The topological polar surface area (TPSA) is 17.1 Å². The summed E-state index contributed by atoms with van der Waals surface area (Å²) in [6, 6.07) is 8.23. The Hall–Kier alpha value is -1.11. The van der Waals surface area contributed by atoms with Crippen LogP contribution in [-0.2, 0) is 6.42 Å². The molecule has 1 nitrogen and oxygen atoms in total. The lowest BCUT2D eigenvalue weighted by atomic mass is 9.80. The normalized spacial score (nSPS) is 18.2. The fourth-order valence-corrected chi connectivity index (χ4v) is 2.84. The van der Waals surface area contributed by atoms with E-state index in [1.165, 1.54) is 18.4 Å². The molecule has 1 fully saturated rings. The largest absolute Gasteiger partial charge is 0.294 e. The molecule has 0 saturated heterocycles. The van der Waals surface area contributed by atoms with E-state index in [2.05, 4.69) is 26.0 Å². The number of rotatable bonds is 4. The molecule has 0 radical (unpaired) electrons. The van der Waals surface area contributed by atoms with E-state index >= 15 is 0 Å². The van der Waals surface area contributed by atoms with Crippen molar-refractivity contribution in [2.24, 2.45) is 5.41 Å². The van der Waals surface area contributed by atoms with E-state index in [1.54, 1.807) is 0 Å². The minimum atomic E-state index is -0.0910. The fraction of sp³-hybridized carbons (Fsp3) is 0.562. The van der Waals surface area contributed by atoms with Gasteiger partial charge in [0.05, 0.1) is 0 Å². The summed E-state index contributed by atoms with van der Waals surface area (Å²) in [7, 11) is 0. The van der Waals surface area contributed by atoms with Crippen LogP contribution in [0.3, 0.4) is 0 Å². The van der Waals surface area contributed by atoms with E-state index in [1.807, 2.05) is 12.1 Å². The van der Waals surface area contributed by atoms with Crippen molar-refractivity contribution in [1.82, 2.24) is 0 Å². The second-order valence-corrected chi connectivity index (χ2v) is 5.54. The molecule has 1 heteroatoms. The van der Waals surface area contributed by atoms with E-state index < -0.39 is 0 Å². The van der Waals surface area contributed by atoms with Crippen LogP contribution < -0.4 is 0 Å². The van der Waals surface area contributed by atoms with Gasteiger partial charge in [-0.05, 0) is 24.8 Å². The van der Waals surface area contributed by atoms with Crippen LogP contribution in [0.25, 0.3) is 0 Å². The molecule has 2 rings (SSSR count). The van der Waals surface area contributed by atoms with Crippen molar-refractivity contribution in [1.29, 1.82) is 0 Å². The van der Waals surface area contributed by atoms with Gasteiger partial charge in [0.15, 0.2) is 5.78 Å². The van der Waals surface area contributed by atoms with Crippen molar-refractivity contribution in [2.75, 3.05) is 0 Å². The quantitative estimate of drug-likeness (QED) is 0.700. The third-order valence-electron chi connectivity index (χ3n) is 4.01. The Morgan fingerprint density at radius 3 is 2.29 bits per heavy atom. The number of carbonyl (C=O) groups is 1. The summed E-state index contributed by atoms with van der Waals surface area (Å²) >= 11 is 0. The highest BCUT2D eigenvalue weighted by Gasteiger charge is 2.36. The predicted octanol–water partition coefficient (Wildman–Crippen LogP) is 4.40. The number of hydrogen-bond acceptors (Lipinski definition) is 1. The summed E-state index contributed by atoms with van der Waals surface area (Å²) in [4.78, 5) is 12.4. The zero-order chi connectivity index (χ0) is 12.3. The molecule has 92 valence electrons. The van der Waals surface area contributed by atoms with Gasteiger partial charge in [0.25, 0.3) is 0 Å². The first-order valence-electron chi connectivity index (χ1n) is 6.79. The Morgan fingerprint density at radius 2 is 1.76 bits per heavy atom. The lowest BCUT2D eigenvalue weighted by Crippen LogP contribution is -2.24. The van der Waals surface area contributed by atoms with E-state index in [-0.39, 0.29) is 5.41 Å². The third-order valence-corrected chi connectivity index (χ3v) is 4.01. The molecule has 1 aliphatic carbocycles. The standard InChI is InChI=1S/C16H22O/c1-3-6-13-7-9-14(10-8-13)15(17)16(2)11-4-5-12-16/h7-10H,3-6,11-12H2,1-2H3. The minimum absolute atomic E-state index is 0.0910. The Bertz CT molecular complexity index is 382. The van der Waals surface area contributed by atoms with Crippen molar-refractivity contribution >= 4 is 5.78 Å². The number of ketones is 1. The Balaban J connectivity index is 2.14. The third kappa shape index (κ3) is 2.59. The highest BCUT2D eigenvalue weighted by molar-refractivity contribution is 6.00. The van der Waals surface area contributed by atoms with Crippen molar-refractivity contribution in [2.45, 2.75) is 52.4 Å². The average molecular weight is 230 g/mol. The van der Waals surface area contributed by atoms with Gasteiger partial charge < -0.3 is 0 Å². The summed E-state index contributed by atoms with van der Waals surface area (Å²) in [6.07, 6.45) is 6.79. The SMILES string of the molecule is CCCc1ccc(C(=O)C2(C)CCCC2)cc1. The molecule has 1 aromatic carbocycles. The molecule has 0 heterocycles. The average Bonchev–Trinajstić information content (AvgIpc) is 2.78. The van der Waals surface area contributed by atoms with Crippen LogP contribution in [0.15, 0.2) is 24.3 Å². The van der Waals surface area contributed by atoms with Crippen LogP contribution in [0, 0.1) is 5.41 Å². The molecule has 0 atom stereocenters. The Labute approximate surface area is 104 Å². The van der Waals surface area contributed by atoms with Gasteiger partial charge in [-0.3, -0.25) is 4.79 Å². The summed E-state index contributed by atoms with van der Waals surface area (Å²) < 4.78 is 0. The molecule has 0 spiro atoms. The maximum Gasteiger partial charge on any atom is 0.168 e. The van der Waals surface area contributed by atoms with Gasteiger partial charge in [-0.15, -0.1) is 0 Å². The number of Topliss-reactive ketones (excluding diaryl/α,β-unsaturated/α-hetero) is 1. The first-order chi connectivity index (χ1) is 8.15. The summed E-state index contributed by atoms with van der Waals surface area (Å²) in [5.74, 6) is 0.345. The maximum absolute atomic E-state index is 12.4.